The van der Waals surface area contributed by atoms with Crippen LogP contribution in [0.25, 0.3) is 11.5 Å². The summed E-state index contributed by atoms with van der Waals surface area (Å²) in [5.41, 5.74) is 1.24. The van der Waals surface area contributed by atoms with Crippen LogP contribution >= 0.6 is 24.8 Å². The molecule has 0 saturated carbocycles. The van der Waals surface area contributed by atoms with E-state index in [0.717, 1.165) is 6.54 Å². The molecular weight excluding hydrogens is 344 g/mol. The summed E-state index contributed by atoms with van der Waals surface area (Å²) < 4.78 is 18.2. The van der Waals surface area contributed by atoms with Crippen LogP contribution in [0.1, 0.15) is 5.69 Å². The van der Waals surface area contributed by atoms with Gasteiger partial charge in [-0.1, -0.05) is 0 Å². The molecule has 0 saturated heterocycles. The van der Waals surface area contributed by atoms with E-state index in [-0.39, 0.29) is 43.0 Å². The fraction of sp³-hybridized carbons (Fsp3) is 0.333. The van der Waals surface area contributed by atoms with Crippen molar-refractivity contribution in [1.29, 1.82) is 0 Å². The molecule has 23 heavy (non-hydrogen) atoms. The molecule has 1 aromatic carbocycles. The maximum absolute atomic E-state index is 12.9. The molecule has 0 aliphatic rings. The molecule has 0 aliphatic heterocycles. The number of hydrogen-bond donors (Lipinski definition) is 1. The molecule has 128 valence electrons. The molecule has 1 amide bonds. The first-order valence-electron chi connectivity index (χ1n) is 6.69. The van der Waals surface area contributed by atoms with E-state index in [9.17, 15) is 9.18 Å². The number of likely N-dealkylation sites (N-methyl/N-ethyl adjacent to an activating group) is 2. The summed E-state index contributed by atoms with van der Waals surface area (Å²) >= 11 is 0. The van der Waals surface area contributed by atoms with Gasteiger partial charge in [-0.05, 0) is 31.3 Å². The van der Waals surface area contributed by atoms with Crippen molar-refractivity contribution in [2.24, 2.45) is 0 Å². The second-order valence-electron chi connectivity index (χ2n) is 4.75. The van der Waals surface area contributed by atoms with Crippen LogP contribution in [-0.2, 0) is 11.2 Å². The zero-order valence-corrected chi connectivity index (χ0v) is 14.5. The van der Waals surface area contributed by atoms with Gasteiger partial charge in [0.25, 0.3) is 0 Å². The molecule has 0 spiro atoms. The van der Waals surface area contributed by atoms with Gasteiger partial charge in [0, 0.05) is 25.7 Å². The number of carbonyl (C=O) groups excluding carboxylic acids is 1. The minimum Gasteiger partial charge on any atom is -0.444 e. The highest BCUT2D eigenvalue weighted by atomic mass is 35.5. The summed E-state index contributed by atoms with van der Waals surface area (Å²) in [5, 5.41) is 2.99. The second-order valence-corrected chi connectivity index (χ2v) is 4.75. The Kier molecular flexibility index (Phi) is 9.48. The summed E-state index contributed by atoms with van der Waals surface area (Å²) in [6.45, 7) is 1.37. The van der Waals surface area contributed by atoms with Crippen molar-refractivity contribution in [3.05, 3.63) is 42.0 Å². The van der Waals surface area contributed by atoms with Gasteiger partial charge in [-0.3, -0.25) is 4.79 Å². The Morgan fingerprint density at radius 3 is 2.57 bits per heavy atom. The Morgan fingerprint density at radius 2 is 1.96 bits per heavy atom. The molecule has 2 aromatic rings. The van der Waals surface area contributed by atoms with Gasteiger partial charge >= 0.3 is 0 Å². The van der Waals surface area contributed by atoms with Crippen LogP contribution in [-0.4, -0.2) is 43.0 Å². The quantitative estimate of drug-likeness (QED) is 0.856. The van der Waals surface area contributed by atoms with Crippen LogP contribution in [0, 0.1) is 5.82 Å². The molecule has 8 heteroatoms. The standard InChI is InChI=1S/C15H18FN3O2.2ClH/c1-17-7-8-19(2)14(20)9-13-10-21-15(18-13)11-3-5-12(16)6-4-11;;/h3-6,10,17H,7-9H2,1-2H3;2*1H. The van der Waals surface area contributed by atoms with Gasteiger partial charge in [0.1, 0.15) is 12.1 Å². The van der Waals surface area contributed by atoms with E-state index >= 15 is 0 Å². The molecule has 5 nitrogen and oxygen atoms in total. The average Bonchev–Trinajstić information content (AvgIpc) is 2.93. The summed E-state index contributed by atoms with van der Waals surface area (Å²) in [5.74, 6) is 0.0479. The van der Waals surface area contributed by atoms with Gasteiger partial charge in [0.15, 0.2) is 0 Å². The lowest BCUT2D eigenvalue weighted by molar-refractivity contribution is -0.129. The number of aromatic nitrogens is 1. The maximum Gasteiger partial charge on any atom is 0.228 e. The van der Waals surface area contributed by atoms with Gasteiger partial charge in [0.05, 0.1) is 12.1 Å². The van der Waals surface area contributed by atoms with Gasteiger partial charge in [-0.2, -0.15) is 0 Å². The Labute approximate surface area is 147 Å². The number of amides is 1. The number of rotatable bonds is 6. The number of benzene rings is 1. The number of nitrogens with one attached hydrogen (secondary N) is 1. The van der Waals surface area contributed by atoms with Crippen molar-refractivity contribution >= 4 is 30.7 Å². The van der Waals surface area contributed by atoms with Crippen LogP contribution < -0.4 is 5.32 Å². The van der Waals surface area contributed by atoms with E-state index in [1.807, 2.05) is 7.05 Å². The molecule has 0 unspecified atom stereocenters. The minimum absolute atomic E-state index is 0. The molecule has 0 atom stereocenters. The fourth-order valence-corrected chi connectivity index (χ4v) is 1.81. The molecule has 0 radical (unpaired) electrons. The largest absolute Gasteiger partial charge is 0.444 e. The number of hydrogen-bond acceptors (Lipinski definition) is 4. The van der Waals surface area contributed by atoms with Crippen LogP contribution in [0.2, 0.25) is 0 Å². The Morgan fingerprint density at radius 1 is 1.30 bits per heavy atom. The van der Waals surface area contributed by atoms with Crippen molar-refractivity contribution in [3.63, 3.8) is 0 Å². The van der Waals surface area contributed by atoms with E-state index in [2.05, 4.69) is 10.3 Å². The molecule has 2 rings (SSSR count). The lowest BCUT2D eigenvalue weighted by Crippen LogP contribution is -2.33. The first-order valence-corrected chi connectivity index (χ1v) is 6.69. The van der Waals surface area contributed by atoms with Crippen LogP contribution in [0.3, 0.4) is 0 Å². The number of halogens is 3. The molecule has 0 aliphatic carbocycles. The zero-order chi connectivity index (χ0) is 15.2. The third kappa shape index (κ3) is 6.17. The Bertz CT molecular complexity index is 605. The van der Waals surface area contributed by atoms with Crippen molar-refractivity contribution in [1.82, 2.24) is 15.2 Å². The molecule has 1 heterocycles. The maximum atomic E-state index is 12.9. The highest BCUT2D eigenvalue weighted by molar-refractivity contribution is 5.85. The second kappa shape index (κ2) is 10.2. The smallest absolute Gasteiger partial charge is 0.228 e. The average molecular weight is 364 g/mol. The van der Waals surface area contributed by atoms with E-state index in [0.29, 0.717) is 23.7 Å². The minimum atomic E-state index is -0.313. The van der Waals surface area contributed by atoms with Gasteiger partial charge in [0.2, 0.25) is 11.8 Å². The Balaban J connectivity index is 0.00000242. The first-order chi connectivity index (χ1) is 10.1. The highest BCUT2D eigenvalue weighted by Crippen LogP contribution is 2.19. The summed E-state index contributed by atoms with van der Waals surface area (Å²) in [6.07, 6.45) is 1.65. The van der Waals surface area contributed by atoms with E-state index in [4.69, 9.17) is 4.42 Å². The molecular formula is C15H20Cl2FN3O2. The van der Waals surface area contributed by atoms with Gasteiger partial charge in [-0.25, -0.2) is 9.37 Å². The number of oxazole rings is 1. The third-order valence-corrected chi connectivity index (χ3v) is 3.10. The Hall–Kier alpha value is -1.63. The molecule has 0 fully saturated rings. The van der Waals surface area contributed by atoms with Crippen LogP contribution in [0.4, 0.5) is 4.39 Å². The van der Waals surface area contributed by atoms with Crippen molar-refractivity contribution in [3.8, 4) is 11.5 Å². The van der Waals surface area contributed by atoms with Gasteiger partial charge < -0.3 is 14.6 Å². The van der Waals surface area contributed by atoms with Crippen LogP contribution in [0.5, 0.6) is 0 Å². The third-order valence-electron chi connectivity index (χ3n) is 3.10. The van der Waals surface area contributed by atoms with Crippen molar-refractivity contribution in [2.75, 3.05) is 27.2 Å². The van der Waals surface area contributed by atoms with E-state index < -0.39 is 0 Å². The SMILES string of the molecule is CNCCN(C)C(=O)Cc1coc(-c2ccc(F)cc2)n1.Cl.Cl. The zero-order valence-electron chi connectivity index (χ0n) is 12.9. The van der Waals surface area contributed by atoms with Crippen molar-refractivity contribution in [2.45, 2.75) is 6.42 Å². The normalized spacial score (nSPS) is 9.70. The highest BCUT2D eigenvalue weighted by Gasteiger charge is 2.13. The lowest BCUT2D eigenvalue weighted by atomic mass is 10.2. The summed E-state index contributed by atoms with van der Waals surface area (Å²) in [7, 11) is 3.59. The predicted octanol–water partition coefficient (Wildman–Crippen LogP) is 2.54. The van der Waals surface area contributed by atoms with E-state index in [1.54, 1.807) is 24.1 Å². The summed E-state index contributed by atoms with van der Waals surface area (Å²) in [4.78, 5) is 17.9. The van der Waals surface area contributed by atoms with Crippen molar-refractivity contribution < 1.29 is 13.6 Å². The summed E-state index contributed by atoms with van der Waals surface area (Å²) in [6, 6.07) is 5.86. The van der Waals surface area contributed by atoms with Gasteiger partial charge in [-0.15, -0.1) is 24.8 Å². The molecule has 1 N–H and O–H groups in total. The first kappa shape index (κ1) is 21.4. The lowest BCUT2D eigenvalue weighted by Gasteiger charge is -2.15. The monoisotopic (exact) mass is 363 g/mol. The number of nitrogens with zero attached hydrogens (tertiary/aromatic N) is 2. The topological polar surface area (TPSA) is 58.4 Å². The predicted molar refractivity (Wildman–Crippen MR) is 91.7 cm³/mol. The van der Waals surface area contributed by atoms with E-state index in [1.165, 1.54) is 18.4 Å². The fourth-order valence-electron chi connectivity index (χ4n) is 1.81. The molecule has 1 aromatic heterocycles. The van der Waals surface area contributed by atoms with Crippen LogP contribution in [0.15, 0.2) is 34.9 Å². The molecule has 0 bridgehead atoms. The number of carbonyl (C=O) groups is 1.